The van der Waals surface area contributed by atoms with Crippen LogP contribution in [0.3, 0.4) is 0 Å². The third-order valence-electron chi connectivity index (χ3n) is 3.31. The van der Waals surface area contributed by atoms with E-state index in [2.05, 4.69) is 33.8 Å². The van der Waals surface area contributed by atoms with Crippen molar-refractivity contribution >= 4 is 17.3 Å². The van der Waals surface area contributed by atoms with Crippen molar-refractivity contribution in [1.82, 2.24) is 14.8 Å². The van der Waals surface area contributed by atoms with Crippen LogP contribution in [-0.4, -0.2) is 68.1 Å². The third kappa shape index (κ3) is 3.83. The molecular weight excluding hydrogens is 248 g/mol. The van der Waals surface area contributed by atoms with Crippen molar-refractivity contribution in [3.05, 3.63) is 23.5 Å². The summed E-state index contributed by atoms with van der Waals surface area (Å²) in [5.74, 6) is 0. The molecule has 0 bridgehead atoms. The number of hydrogen-bond acceptors (Lipinski definition) is 4. The minimum atomic E-state index is 0.572. The van der Waals surface area contributed by atoms with Crippen LogP contribution in [0.2, 0.25) is 5.15 Å². The van der Waals surface area contributed by atoms with Crippen LogP contribution < -0.4 is 4.90 Å². The SMILES string of the molecule is CN(C)CCN1CCN(c2ccnc(Cl)c2)CC1. The molecule has 1 aliphatic rings. The Morgan fingerprint density at radius 1 is 1.28 bits per heavy atom. The van der Waals surface area contributed by atoms with Crippen molar-refractivity contribution in [2.24, 2.45) is 0 Å². The summed E-state index contributed by atoms with van der Waals surface area (Å²) in [5, 5.41) is 0.572. The number of halogens is 1. The van der Waals surface area contributed by atoms with E-state index in [-0.39, 0.29) is 0 Å². The molecule has 5 heteroatoms. The molecule has 1 saturated heterocycles. The van der Waals surface area contributed by atoms with Gasteiger partial charge in [-0.2, -0.15) is 0 Å². The fraction of sp³-hybridized carbons (Fsp3) is 0.615. The van der Waals surface area contributed by atoms with E-state index < -0.39 is 0 Å². The standard InChI is InChI=1S/C13H21ClN4/c1-16(2)5-6-17-7-9-18(10-8-17)12-3-4-15-13(14)11-12/h3-4,11H,5-10H2,1-2H3. The second kappa shape index (κ2) is 6.36. The second-order valence-electron chi connectivity index (χ2n) is 4.97. The van der Waals surface area contributed by atoms with Gasteiger partial charge in [0.2, 0.25) is 0 Å². The number of piperazine rings is 1. The van der Waals surface area contributed by atoms with Gasteiger partial charge in [0.1, 0.15) is 5.15 Å². The van der Waals surface area contributed by atoms with Gasteiger partial charge >= 0.3 is 0 Å². The molecule has 100 valence electrons. The number of hydrogen-bond donors (Lipinski definition) is 0. The molecule has 0 N–H and O–H groups in total. The Bertz CT molecular complexity index is 375. The molecule has 2 rings (SSSR count). The number of likely N-dealkylation sites (N-methyl/N-ethyl adjacent to an activating group) is 1. The molecule has 0 saturated carbocycles. The first-order chi connectivity index (χ1) is 8.65. The van der Waals surface area contributed by atoms with Crippen molar-refractivity contribution in [3.63, 3.8) is 0 Å². The number of anilines is 1. The van der Waals surface area contributed by atoms with Crippen LogP contribution in [0.15, 0.2) is 18.3 Å². The fourth-order valence-corrected chi connectivity index (χ4v) is 2.33. The molecule has 0 amide bonds. The average Bonchev–Trinajstić information content (AvgIpc) is 2.37. The molecule has 1 aliphatic heterocycles. The lowest BCUT2D eigenvalue weighted by atomic mass is 10.2. The van der Waals surface area contributed by atoms with Crippen LogP contribution in [-0.2, 0) is 0 Å². The van der Waals surface area contributed by atoms with Gasteiger partial charge in [0.15, 0.2) is 0 Å². The summed E-state index contributed by atoms with van der Waals surface area (Å²) >= 11 is 5.92. The molecule has 4 nitrogen and oxygen atoms in total. The van der Waals surface area contributed by atoms with Crippen molar-refractivity contribution in [3.8, 4) is 0 Å². The van der Waals surface area contributed by atoms with Gasteiger partial charge in [-0.05, 0) is 26.2 Å². The smallest absolute Gasteiger partial charge is 0.131 e. The third-order valence-corrected chi connectivity index (χ3v) is 3.52. The van der Waals surface area contributed by atoms with Gasteiger partial charge in [-0.25, -0.2) is 4.98 Å². The van der Waals surface area contributed by atoms with Gasteiger partial charge in [-0.15, -0.1) is 0 Å². The molecule has 0 atom stereocenters. The molecule has 18 heavy (non-hydrogen) atoms. The van der Waals surface area contributed by atoms with Gasteiger partial charge in [0, 0.05) is 51.2 Å². The van der Waals surface area contributed by atoms with Gasteiger partial charge < -0.3 is 9.80 Å². The van der Waals surface area contributed by atoms with Crippen molar-refractivity contribution < 1.29 is 0 Å². The largest absolute Gasteiger partial charge is 0.369 e. The molecule has 0 spiro atoms. The molecule has 0 aliphatic carbocycles. The first kappa shape index (κ1) is 13.6. The molecule has 0 radical (unpaired) electrons. The molecule has 0 aromatic carbocycles. The predicted octanol–water partition coefficient (Wildman–Crippen LogP) is 1.42. The molecule has 2 heterocycles. The minimum absolute atomic E-state index is 0.572. The maximum absolute atomic E-state index is 5.92. The highest BCUT2D eigenvalue weighted by Gasteiger charge is 2.17. The van der Waals surface area contributed by atoms with Gasteiger partial charge in [-0.3, -0.25) is 4.90 Å². The van der Waals surface area contributed by atoms with E-state index in [0.29, 0.717) is 5.15 Å². The molecule has 1 aromatic rings. The zero-order valence-corrected chi connectivity index (χ0v) is 11.9. The first-order valence-corrected chi connectivity index (χ1v) is 6.76. The van der Waals surface area contributed by atoms with E-state index in [1.807, 2.05) is 12.1 Å². The van der Waals surface area contributed by atoms with E-state index in [0.717, 1.165) is 39.3 Å². The van der Waals surface area contributed by atoms with Crippen molar-refractivity contribution in [2.75, 3.05) is 58.3 Å². The maximum atomic E-state index is 5.92. The van der Waals surface area contributed by atoms with Crippen molar-refractivity contribution in [1.29, 1.82) is 0 Å². The van der Waals surface area contributed by atoms with E-state index in [1.54, 1.807) is 6.20 Å². The summed E-state index contributed by atoms with van der Waals surface area (Å²) in [6.45, 7) is 6.64. The minimum Gasteiger partial charge on any atom is -0.369 e. The number of nitrogens with zero attached hydrogens (tertiary/aromatic N) is 4. The number of aromatic nitrogens is 1. The first-order valence-electron chi connectivity index (χ1n) is 6.39. The number of rotatable bonds is 4. The highest BCUT2D eigenvalue weighted by molar-refractivity contribution is 6.29. The summed E-state index contributed by atoms with van der Waals surface area (Å²) < 4.78 is 0. The van der Waals surface area contributed by atoms with E-state index in [1.165, 1.54) is 5.69 Å². The summed E-state index contributed by atoms with van der Waals surface area (Å²) in [7, 11) is 4.24. The van der Waals surface area contributed by atoms with Gasteiger partial charge in [-0.1, -0.05) is 11.6 Å². The van der Waals surface area contributed by atoms with Gasteiger partial charge in [0.05, 0.1) is 0 Å². The Morgan fingerprint density at radius 2 is 2.00 bits per heavy atom. The fourth-order valence-electron chi connectivity index (χ4n) is 2.16. The lowest BCUT2D eigenvalue weighted by Gasteiger charge is -2.36. The Balaban J connectivity index is 1.83. The van der Waals surface area contributed by atoms with Crippen LogP contribution in [0.25, 0.3) is 0 Å². The van der Waals surface area contributed by atoms with Crippen LogP contribution in [0.4, 0.5) is 5.69 Å². The monoisotopic (exact) mass is 268 g/mol. The van der Waals surface area contributed by atoms with Crippen LogP contribution in [0, 0.1) is 0 Å². The van der Waals surface area contributed by atoms with Crippen LogP contribution in [0.5, 0.6) is 0 Å². The Hall–Kier alpha value is -0.840. The van der Waals surface area contributed by atoms with Crippen molar-refractivity contribution in [2.45, 2.75) is 0 Å². The van der Waals surface area contributed by atoms with Crippen LogP contribution in [0.1, 0.15) is 0 Å². The zero-order chi connectivity index (χ0) is 13.0. The summed E-state index contributed by atoms with van der Waals surface area (Å²) in [5.41, 5.74) is 1.18. The normalized spacial score (nSPS) is 17.4. The van der Waals surface area contributed by atoms with E-state index in [4.69, 9.17) is 11.6 Å². The lowest BCUT2D eigenvalue weighted by Crippen LogP contribution is -2.48. The topological polar surface area (TPSA) is 22.6 Å². The summed E-state index contributed by atoms with van der Waals surface area (Å²) in [6.07, 6.45) is 1.77. The Morgan fingerprint density at radius 3 is 2.61 bits per heavy atom. The van der Waals surface area contributed by atoms with E-state index >= 15 is 0 Å². The lowest BCUT2D eigenvalue weighted by molar-refractivity contribution is 0.229. The molecule has 1 aromatic heterocycles. The molecular formula is C13H21ClN4. The average molecular weight is 269 g/mol. The predicted molar refractivity (Wildman–Crippen MR) is 76.5 cm³/mol. The number of pyridine rings is 1. The highest BCUT2D eigenvalue weighted by Crippen LogP contribution is 2.18. The quantitative estimate of drug-likeness (QED) is 0.771. The van der Waals surface area contributed by atoms with Gasteiger partial charge in [0.25, 0.3) is 0 Å². The molecule has 0 unspecified atom stereocenters. The highest BCUT2D eigenvalue weighted by atomic mass is 35.5. The van der Waals surface area contributed by atoms with Crippen LogP contribution >= 0.6 is 11.6 Å². The molecule has 1 fully saturated rings. The summed E-state index contributed by atoms with van der Waals surface area (Å²) in [4.78, 5) is 11.1. The zero-order valence-electron chi connectivity index (χ0n) is 11.1. The maximum Gasteiger partial charge on any atom is 0.131 e. The second-order valence-corrected chi connectivity index (χ2v) is 5.36. The Labute approximate surface area is 114 Å². The Kier molecular flexibility index (Phi) is 4.80. The summed E-state index contributed by atoms with van der Waals surface area (Å²) in [6, 6.07) is 3.97. The van der Waals surface area contributed by atoms with E-state index in [9.17, 15) is 0 Å².